The first-order valence-corrected chi connectivity index (χ1v) is 6.57. The van der Waals surface area contributed by atoms with Crippen molar-refractivity contribution in [2.75, 3.05) is 0 Å². The van der Waals surface area contributed by atoms with Crippen molar-refractivity contribution in [1.29, 1.82) is 0 Å². The fraction of sp³-hybridized carbons (Fsp3) is 0.0714. The number of hydrazine groups is 1. The van der Waals surface area contributed by atoms with Crippen LogP contribution in [0.15, 0.2) is 46.9 Å². The second-order valence-electron chi connectivity index (χ2n) is 4.03. The Morgan fingerprint density at radius 1 is 1.25 bits per heavy atom. The predicted octanol–water partition coefficient (Wildman–Crippen LogP) is 2.77. The smallest absolute Gasteiger partial charge is 0.265 e. The van der Waals surface area contributed by atoms with Crippen molar-refractivity contribution >= 4 is 21.8 Å². The molecule has 0 atom stereocenters. The lowest BCUT2D eigenvalue weighted by atomic mass is 10.2. The highest BCUT2D eigenvalue weighted by Crippen LogP contribution is 2.26. The van der Waals surface area contributed by atoms with Gasteiger partial charge in [-0.1, -0.05) is 12.1 Å². The van der Waals surface area contributed by atoms with Crippen LogP contribution in [-0.2, 0) is 6.61 Å². The minimum Gasteiger partial charge on any atom is -0.488 e. The number of carbonyl (C=O) groups is 1. The number of nitrogens with two attached hydrogens (primary N) is 1. The van der Waals surface area contributed by atoms with Crippen LogP contribution in [0.2, 0.25) is 0 Å². The summed E-state index contributed by atoms with van der Waals surface area (Å²) in [5, 5.41) is 0. The number of halogens is 2. The largest absolute Gasteiger partial charge is 0.488 e. The number of carbonyl (C=O) groups excluding carboxylic acids is 1. The number of ether oxygens (including phenoxy) is 1. The SMILES string of the molecule is NNC(=O)c1ccc(OCc2ccc(F)cc2)c(Br)c1. The first kappa shape index (κ1) is 14.5. The van der Waals surface area contributed by atoms with Gasteiger partial charge in [-0.25, -0.2) is 10.2 Å². The number of amides is 1. The molecule has 0 heterocycles. The number of nitrogen functional groups attached to an aromatic ring is 1. The van der Waals surface area contributed by atoms with Crippen molar-refractivity contribution in [2.24, 2.45) is 5.84 Å². The van der Waals surface area contributed by atoms with Crippen LogP contribution in [0.5, 0.6) is 5.75 Å². The number of nitrogens with one attached hydrogen (secondary N) is 1. The molecule has 0 radical (unpaired) electrons. The molecule has 0 aromatic heterocycles. The van der Waals surface area contributed by atoms with Crippen molar-refractivity contribution in [3.8, 4) is 5.75 Å². The van der Waals surface area contributed by atoms with Crippen LogP contribution < -0.4 is 16.0 Å². The average molecular weight is 339 g/mol. The normalized spacial score (nSPS) is 10.2. The summed E-state index contributed by atoms with van der Waals surface area (Å²) in [6.45, 7) is 0.307. The third-order valence-corrected chi connectivity index (χ3v) is 3.25. The molecule has 0 spiro atoms. The molecular weight excluding hydrogens is 327 g/mol. The maximum atomic E-state index is 12.8. The van der Waals surface area contributed by atoms with Crippen molar-refractivity contribution < 1.29 is 13.9 Å². The molecule has 2 aromatic carbocycles. The van der Waals surface area contributed by atoms with Gasteiger partial charge in [0.05, 0.1) is 4.47 Å². The number of rotatable bonds is 4. The van der Waals surface area contributed by atoms with Gasteiger partial charge in [0.1, 0.15) is 18.2 Å². The van der Waals surface area contributed by atoms with Crippen molar-refractivity contribution in [3.05, 3.63) is 63.9 Å². The van der Waals surface area contributed by atoms with E-state index in [1.54, 1.807) is 30.3 Å². The third kappa shape index (κ3) is 3.55. The van der Waals surface area contributed by atoms with Crippen LogP contribution in [0.25, 0.3) is 0 Å². The van der Waals surface area contributed by atoms with Crippen LogP contribution in [0.1, 0.15) is 15.9 Å². The Morgan fingerprint density at radius 3 is 2.55 bits per heavy atom. The molecule has 0 unspecified atom stereocenters. The van der Waals surface area contributed by atoms with Crippen molar-refractivity contribution in [2.45, 2.75) is 6.61 Å². The quantitative estimate of drug-likeness (QED) is 0.511. The van der Waals surface area contributed by atoms with E-state index in [-0.39, 0.29) is 11.7 Å². The second-order valence-corrected chi connectivity index (χ2v) is 4.89. The molecule has 3 N–H and O–H groups in total. The van der Waals surface area contributed by atoms with Gasteiger partial charge in [0, 0.05) is 5.56 Å². The van der Waals surface area contributed by atoms with E-state index in [1.807, 2.05) is 0 Å². The monoisotopic (exact) mass is 338 g/mol. The van der Waals surface area contributed by atoms with Crippen LogP contribution >= 0.6 is 15.9 Å². The van der Waals surface area contributed by atoms with Gasteiger partial charge < -0.3 is 4.74 Å². The molecule has 20 heavy (non-hydrogen) atoms. The molecular formula is C14H12BrFN2O2. The van der Waals surface area contributed by atoms with Gasteiger partial charge in [0.25, 0.3) is 5.91 Å². The highest BCUT2D eigenvalue weighted by molar-refractivity contribution is 9.10. The number of hydrogen-bond acceptors (Lipinski definition) is 3. The Hall–Kier alpha value is -1.92. The van der Waals surface area contributed by atoms with Crippen LogP contribution in [0, 0.1) is 5.82 Å². The molecule has 2 aromatic rings. The standard InChI is InChI=1S/C14H12BrFN2O2/c15-12-7-10(14(19)18-17)3-6-13(12)20-8-9-1-4-11(16)5-2-9/h1-7H,8,17H2,(H,18,19). The van der Waals surface area contributed by atoms with Gasteiger partial charge in [-0.2, -0.15) is 0 Å². The zero-order chi connectivity index (χ0) is 14.5. The summed E-state index contributed by atoms with van der Waals surface area (Å²) in [6, 6.07) is 10.9. The van der Waals surface area contributed by atoms with Gasteiger partial charge in [-0.15, -0.1) is 0 Å². The van der Waals surface area contributed by atoms with E-state index >= 15 is 0 Å². The molecule has 1 amide bonds. The van der Waals surface area contributed by atoms with E-state index in [9.17, 15) is 9.18 Å². The van der Waals surface area contributed by atoms with Crippen LogP contribution in [-0.4, -0.2) is 5.91 Å². The first-order valence-electron chi connectivity index (χ1n) is 5.78. The highest BCUT2D eigenvalue weighted by atomic mass is 79.9. The summed E-state index contributed by atoms with van der Waals surface area (Å²) >= 11 is 3.32. The highest BCUT2D eigenvalue weighted by Gasteiger charge is 2.08. The lowest BCUT2D eigenvalue weighted by Gasteiger charge is -2.09. The summed E-state index contributed by atoms with van der Waals surface area (Å²) < 4.78 is 19.0. The molecule has 2 rings (SSSR count). The Labute approximate surface area is 123 Å². The van der Waals surface area contributed by atoms with E-state index in [0.717, 1.165) is 5.56 Å². The Bertz CT molecular complexity index is 617. The zero-order valence-electron chi connectivity index (χ0n) is 10.4. The van der Waals surface area contributed by atoms with E-state index in [1.165, 1.54) is 12.1 Å². The lowest BCUT2D eigenvalue weighted by Crippen LogP contribution is -2.29. The molecule has 6 heteroatoms. The summed E-state index contributed by atoms with van der Waals surface area (Å²) in [5.41, 5.74) is 3.33. The average Bonchev–Trinajstić information content (AvgIpc) is 2.46. The molecule has 0 aliphatic rings. The van der Waals surface area contributed by atoms with Gasteiger partial charge in [-0.05, 0) is 51.8 Å². The molecule has 104 valence electrons. The summed E-state index contributed by atoms with van der Waals surface area (Å²) in [7, 11) is 0. The number of hydrogen-bond donors (Lipinski definition) is 2. The van der Waals surface area contributed by atoms with Crippen LogP contribution in [0.4, 0.5) is 4.39 Å². The third-order valence-electron chi connectivity index (χ3n) is 2.63. The van der Waals surface area contributed by atoms with E-state index in [2.05, 4.69) is 21.4 Å². The second kappa shape index (κ2) is 6.49. The molecule has 0 aliphatic heterocycles. The van der Waals surface area contributed by atoms with Gasteiger partial charge in [0.15, 0.2) is 0 Å². The van der Waals surface area contributed by atoms with Crippen LogP contribution in [0.3, 0.4) is 0 Å². The fourth-order valence-electron chi connectivity index (χ4n) is 1.58. The fourth-order valence-corrected chi connectivity index (χ4v) is 2.08. The van der Waals surface area contributed by atoms with Gasteiger partial charge in [-0.3, -0.25) is 10.2 Å². The molecule has 0 saturated heterocycles. The topological polar surface area (TPSA) is 64.3 Å². The van der Waals surface area contributed by atoms with Crippen molar-refractivity contribution in [3.63, 3.8) is 0 Å². The van der Waals surface area contributed by atoms with E-state index in [0.29, 0.717) is 22.4 Å². The molecule has 0 aliphatic carbocycles. The number of benzene rings is 2. The maximum Gasteiger partial charge on any atom is 0.265 e. The molecule has 4 nitrogen and oxygen atoms in total. The molecule has 0 fully saturated rings. The predicted molar refractivity (Wildman–Crippen MR) is 76.5 cm³/mol. The van der Waals surface area contributed by atoms with E-state index in [4.69, 9.17) is 10.6 Å². The first-order chi connectivity index (χ1) is 9.60. The van der Waals surface area contributed by atoms with Crippen molar-refractivity contribution in [1.82, 2.24) is 5.43 Å². The minimum atomic E-state index is -0.379. The van der Waals surface area contributed by atoms with Gasteiger partial charge in [0.2, 0.25) is 0 Å². The Balaban J connectivity index is 2.06. The summed E-state index contributed by atoms with van der Waals surface area (Å²) in [5.74, 6) is 4.98. The summed E-state index contributed by atoms with van der Waals surface area (Å²) in [4.78, 5) is 11.4. The zero-order valence-corrected chi connectivity index (χ0v) is 12.0. The van der Waals surface area contributed by atoms with E-state index < -0.39 is 0 Å². The molecule has 0 bridgehead atoms. The van der Waals surface area contributed by atoms with Gasteiger partial charge >= 0.3 is 0 Å². The molecule has 0 saturated carbocycles. The lowest BCUT2D eigenvalue weighted by molar-refractivity contribution is 0.0953. The Kier molecular flexibility index (Phi) is 4.70. The summed E-state index contributed by atoms with van der Waals surface area (Å²) in [6.07, 6.45) is 0. The maximum absolute atomic E-state index is 12.8. The minimum absolute atomic E-state index is 0.285. The Morgan fingerprint density at radius 2 is 1.95 bits per heavy atom.